The Balaban J connectivity index is 1.27. The van der Waals surface area contributed by atoms with Crippen molar-refractivity contribution in [3.05, 3.63) is 82.9 Å². The molecule has 4 aromatic rings. The zero-order valence-electron chi connectivity index (χ0n) is 22.2. The molecule has 2 atom stereocenters. The van der Waals surface area contributed by atoms with Crippen molar-refractivity contribution in [2.75, 3.05) is 11.9 Å². The second-order valence-corrected chi connectivity index (χ2v) is 10.1. The van der Waals surface area contributed by atoms with E-state index < -0.39 is 23.6 Å². The van der Waals surface area contributed by atoms with Gasteiger partial charge in [0.05, 0.1) is 23.6 Å². The van der Waals surface area contributed by atoms with Gasteiger partial charge in [-0.1, -0.05) is 24.3 Å². The van der Waals surface area contributed by atoms with E-state index in [0.717, 1.165) is 5.69 Å². The zero-order chi connectivity index (χ0) is 28.7. The average molecular weight is 554 g/mol. The van der Waals surface area contributed by atoms with Crippen LogP contribution in [0.5, 0.6) is 0 Å². The van der Waals surface area contributed by atoms with Gasteiger partial charge < -0.3 is 10.2 Å². The molecule has 6 rings (SSSR count). The number of anilines is 1. The van der Waals surface area contributed by atoms with Crippen LogP contribution in [-0.2, 0) is 14.4 Å². The summed E-state index contributed by atoms with van der Waals surface area (Å²) < 4.78 is 2.99. The van der Waals surface area contributed by atoms with Crippen LogP contribution in [0, 0.1) is 6.92 Å². The van der Waals surface area contributed by atoms with Crippen LogP contribution in [0.4, 0.5) is 5.69 Å². The summed E-state index contributed by atoms with van der Waals surface area (Å²) in [6.45, 7) is 2.02. The highest BCUT2D eigenvalue weighted by atomic mass is 16.2. The van der Waals surface area contributed by atoms with Gasteiger partial charge in [0.25, 0.3) is 11.5 Å². The molecule has 12 heteroatoms. The van der Waals surface area contributed by atoms with E-state index in [1.54, 1.807) is 40.9 Å². The van der Waals surface area contributed by atoms with Crippen LogP contribution < -0.4 is 16.2 Å². The molecule has 2 aromatic carbocycles. The number of aromatic nitrogens is 4. The molecule has 4 heterocycles. The highest BCUT2D eigenvalue weighted by Crippen LogP contribution is 2.26. The lowest BCUT2D eigenvalue weighted by Gasteiger charge is -2.25. The molecule has 41 heavy (non-hydrogen) atoms. The Kier molecular flexibility index (Phi) is 6.66. The van der Waals surface area contributed by atoms with Crippen molar-refractivity contribution in [1.29, 1.82) is 0 Å². The van der Waals surface area contributed by atoms with Crippen molar-refractivity contribution in [3.8, 4) is 5.69 Å². The molecule has 0 radical (unpaired) electrons. The maximum Gasteiger partial charge on any atom is 0.273 e. The number of carbonyl (C=O) groups is 4. The van der Waals surface area contributed by atoms with Crippen LogP contribution in [0.25, 0.3) is 16.6 Å². The van der Waals surface area contributed by atoms with Gasteiger partial charge in [-0.3, -0.25) is 38.4 Å². The minimum Gasteiger partial charge on any atom is -0.325 e. The number of likely N-dealkylation sites (tertiary alicyclic amines) is 1. The number of fused-ring (bicyclic) bond motifs is 1. The van der Waals surface area contributed by atoms with E-state index in [1.165, 1.54) is 10.8 Å². The molecule has 0 saturated carbocycles. The number of nitrogens with one attached hydrogen (secondary N) is 2. The number of imidazole rings is 1. The number of nitrogens with zero attached hydrogens (tertiary/aromatic N) is 5. The maximum absolute atomic E-state index is 13.6. The first kappa shape index (κ1) is 26.1. The molecule has 12 nitrogen and oxygen atoms in total. The first-order valence-electron chi connectivity index (χ1n) is 13.4. The first-order valence-corrected chi connectivity index (χ1v) is 13.4. The van der Waals surface area contributed by atoms with Crippen LogP contribution in [-0.4, -0.2) is 60.2 Å². The number of benzene rings is 2. The summed E-state index contributed by atoms with van der Waals surface area (Å²) in [6, 6.07) is 12.7. The molecule has 4 amide bonds. The largest absolute Gasteiger partial charge is 0.325 e. The van der Waals surface area contributed by atoms with Crippen LogP contribution in [0.2, 0.25) is 0 Å². The fourth-order valence-electron chi connectivity index (χ4n) is 5.62. The van der Waals surface area contributed by atoms with Crippen molar-refractivity contribution in [2.45, 2.75) is 44.7 Å². The van der Waals surface area contributed by atoms with E-state index in [1.807, 2.05) is 30.3 Å². The third-order valence-corrected chi connectivity index (χ3v) is 7.60. The molecule has 2 N–H and O–H groups in total. The standard InChI is InChI=1S/C29H27N7O5/c1-17-31-25-19(28(40)36(17)22-12-13-24(37)33-27(22)39)9-5-10-20(25)32-26(38)21-11-6-14-34(21)29(41)23-15-30-16-35(23)18-7-3-2-4-8-18/h2-5,7-10,15-16,21-22H,6,11-14H2,1H3,(H,32,38)(H,33,37,39). The minimum absolute atomic E-state index is 0.124. The van der Waals surface area contributed by atoms with E-state index in [0.29, 0.717) is 30.8 Å². The van der Waals surface area contributed by atoms with Crippen molar-refractivity contribution in [3.63, 3.8) is 0 Å². The summed E-state index contributed by atoms with van der Waals surface area (Å²) in [6.07, 6.45) is 4.53. The van der Waals surface area contributed by atoms with Crippen molar-refractivity contribution < 1.29 is 19.2 Å². The molecule has 2 aliphatic heterocycles. The number of imide groups is 1. The Morgan fingerprint density at radius 1 is 1.02 bits per heavy atom. The summed E-state index contributed by atoms with van der Waals surface area (Å²) in [5, 5.41) is 5.38. The molecule has 0 aliphatic carbocycles. The number of para-hydroxylation sites is 2. The van der Waals surface area contributed by atoms with Crippen LogP contribution in [0.15, 0.2) is 65.8 Å². The van der Waals surface area contributed by atoms with Gasteiger partial charge in [-0.15, -0.1) is 0 Å². The molecule has 2 aliphatic rings. The number of piperidine rings is 1. The Bertz CT molecular complexity index is 1760. The minimum atomic E-state index is -0.849. The number of amides is 4. The molecule has 2 saturated heterocycles. The highest BCUT2D eigenvalue weighted by Gasteiger charge is 2.36. The van der Waals surface area contributed by atoms with Gasteiger partial charge >= 0.3 is 0 Å². The summed E-state index contributed by atoms with van der Waals surface area (Å²) in [4.78, 5) is 74.9. The van der Waals surface area contributed by atoms with E-state index in [4.69, 9.17) is 0 Å². The maximum atomic E-state index is 13.6. The Morgan fingerprint density at radius 3 is 2.61 bits per heavy atom. The van der Waals surface area contributed by atoms with Crippen molar-refractivity contribution >= 4 is 40.2 Å². The van der Waals surface area contributed by atoms with E-state index in [2.05, 4.69) is 20.6 Å². The normalized spacial score (nSPS) is 18.9. The zero-order valence-corrected chi connectivity index (χ0v) is 22.2. The van der Waals surface area contributed by atoms with Gasteiger partial charge in [0.15, 0.2) is 0 Å². The van der Waals surface area contributed by atoms with Gasteiger partial charge in [0.1, 0.15) is 29.1 Å². The topological polar surface area (TPSA) is 148 Å². The van der Waals surface area contributed by atoms with Crippen LogP contribution in [0.3, 0.4) is 0 Å². The molecular formula is C29H27N7O5. The van der Waals surface area contributed by atoms with Gasteiger partial charge in [0.2, 0.25) is 17.7 Å². The molecule has 0 bridgehead atoms. The summed E-state index contributed by atoms with van der Waals surface area (Å²) in [5.74, 6) is -1.33. The van der Waals surface area contributed by atoms with Gasteiger partial charge in [-0.2, -0.15) is 0 Å². The van der Waals surface area contributed by atoms with E-state index >= 15 is 0 Å². The fraction of sp³-hybridized carbons (Fsp3) is 0.276. The summed E-state index contributed by atoms with van der Waals surface area (Å²) in [5.41, 5.74) is 1.31. The monoisotopic (exact) mass is 553 g/mol. The lowest BCUT2D eigenvalue weighted by molar-refractivity contribution is -0.135. The SMILES string of the molecule is Cc1nc2c(NC(=O)C3CCCN3C(=O)c3cncn3-c3ccccc3)cccc2c(=O)n1C1CCC(=O)NC1=O. The lowest BCUT2D eigenvalue weighted by Crippen LogP contribution is -2.45. The third kappa shape index (κ3) is 4.66. The molecule has 2 aromatic heterocycles. The summed E-state index contributed by atoms with van der Waals surface area (Å²) in [7, 11) is 0. The molecular weight excluding hydrogens is 526 g/mol. The first-order chi connectivity index (χ1) is 19.8. The van der Waals surface area contributed by atoms with Gasteiger partial charge in [0, 0.05) is 18.7 Å². The number of aryl methyl sites for hydroxylation is 1. The number of hydrogen-bond acceptors (Lipinski definition) is 7. The smallest absolute Gasteiger partial charge is 0.273 e. The van der Waals surface area contributed by atoms with Gasteiger partial charge in [-0.25, -0.2) is 9.97 Å². The second-order valence-electron chi connectivity index (χ2n) is 10.1. The molecule has 2 fully saturated rings. The van der Waals surface area contributed by atoms with E-state index in [-0.39, 0.29) is 47.3 Å². The third-order valence-electron chi connectivity index (χ3n) is 7.60. The second kappa shape index (κ2) is 10.5. The molecule has 0 spiro atoms. The molecule has 2 unspecified atom stereocenters. The van der Waals surface area contributed by atoms with Crippen molar-refractivity contribution in [2.24, 2.45) is 0 Å². The number of rotatable bonds is 5. The van der Waals surface area contributed by atoms with Crippen molar-refractivity contribution in [1.82, 2.24) is 29.3 Å². The Morgan fingerprint density at radius 2 is 1.83 bits per heavy atom. The summed E-state index contributed by atoms with van der Waals surface area (Å²) >= 11 is 0. The van der Waals surface area contributed by atoms with E-state index in [9.17, 15) is 24.0 Å². The molecule has 208 valence electrons. The number of carbonyl (C=O) groups excluding carboxylic acids is 4. The predicted octanol–water partition coefficient (Wildman–Crippen LogP) is 2.11. The average Bonchev–Trinajstić information content (AvgIpc) is 3.65. The Labute approximate surface area is 234 Å². The Hall–Kier alpha value is -5.13. The fourth-order valence-corrected chi connectivity index (χ4v) is 5.62. The van der Waals surface area contributed by atoms with Crippen LogP contribution in [0.1, 0.15) is 48.0 Å². The number of hydrogen-bond donors (Lipinski definition) is 2. The predicted molar refractivity (Wildman–Crippen MR) is 148 cm³/mol. The highest BCUT2D eigenvalue weighted by molar-refractivity contribution is 6.05. The quantitative estimate of drug-likeness (QED) is 0.360. The van der Waals surface area contributed by atoms with Gasteiger partial charge in [-0.05, 0) is 50.5 Å². The lowest BCUT2D eigenvalue weighted by atomic mass is 10.1. The van der Waals surface area contributed by atoms with Crippen LogP contribution >= 0.6 is 0 Å².